The molecule has 1 saturated heterocycles. The third-order valence-corrected chi connectivity index (χ3v) is 6.20. The monoisotopic (exact) mass is 438 g/mol. The van der Waals surface area contributed by atoms with E-state index >= 15 is 0 Å². The molecule has 1 amide bonds. The van der Waals surface area contributed by atoms with E-state index in [1.54, 1.807) is 6.08 Å². The van der Waals surface area contributed by atoms with Gasteiger partial charge in [0.25, 0.3) is 0 Å². The highest BCUT2D eigenvalue weighted by Crippen LogP contribution is 2.23. The predicted molar refractivity (Wildman–Crippen MR) is 123 cm³/mol. The summed E-state index contributed by atoms with van der Waals surface area (Å²) in [7, 11) is 0. The Morgan fingerprint density at radius 3 is 2.67 bits per heavy atom. The Labute approximate surface area is 185 Å². The van der Waals surface area contributed by atoms with Crippen LogP contribution in [0.4, 0.5) is 5.13 Å². The van der Waals surface area contributed by atoms with Gasteiger partial charge in [-0.3, -0.25) is 4.79 Å². The maximum absolute atomic E-state index is 12.6. The van der Waals surface area contributed by atoms with Gasteiger partial charge in [0.05, 0.1) is 0 Å². The van der Waals surface area contributed by atoms with E-state index in [4.69, 9.17) is 16.6 Å². The Morgan fingerprint density at radius 2 is 1.93 bits per heavy atom. The molecule has 0 N–H and O–H groups in total. The molecule has 7 heteroatoms. The Hall–Kier alpha value is -2.70. The lowest BCUT2D eigenvalue weighted by Crippen LogP contribution is -2.53. The molecule has 1 atom stereocenters. The molecular formula is C23H23ClN4OS. The molecular weight excluding hydrogens is 416 g/mol. The van der Waals surface area contributed by atoms with Crippen LogP contribution in [0.3, 0.4) is 0 Å². The van der Waals surface area contributed by atoms with Gasteiger partial charge in [-0.2, -0.15) is 4.37 Å². The van der Waals surface area contributed by atoms with Gasteiger partial charge in [-0.25, -0.2) is 4.98 Å². The number of piperazine rings is 1. The topological polar surface area (TPSA) is 49.3 Å². The first-order valence-corrected chi connectivity index (χ1v) is 11.1. The van der Waals surface area contributed by atoms with Gasteiger partial charge < -0.3 is 9.80 Å². The molecule has 0 radical (unpaired) electrons. The number of anilines is 1. The van der Waals surface area contributed by atoms with Crippen LogP contribution in [-0.2, 0) is 11.2 Å². The van der Waals surface area contributed by atoms with Crippen molar-refractivity contribution in [1.29, 1.82) is 0 Å². The highest BCUT2D eigenvalue weighted by Gasteiger charge is 2.28. The number of carbonyl (C=O) groups is 1. The fraction of sp³-hybridized carbons (Fsp3) is 0.261. The van der Waals surface area contributed by atoms with Crippen LogP contribution in [0.25, 0.3) is 6.08 Å². The van der Waals surface area contributed by atoms with Crippen LogP contribution >= 0.6 is 23.1 Å². The standard InChI is InChI=1S/C23H23ClN4OS/c1-17-16-27(13-14-28(17)22(29)12-9-18-5-3-2-4-6-18)23-25-21(26-30-23)15-19-7-10-20(24)11-8-19/h2-12,17H,13-16H2,1H3. The Morgan fingerprint density at radius 1 is 1.17 bits per heavy atom. The summed E-state index contributed by atoms with van der Waals surface area (Å²) in [4.78, 5) is 21.5. The third-order valence-electron chi connectivity index (χ3n) is 5.13. The SMILES string of the molecule is CC1CN(c2nc(Cc3ccc(Cl)cc3)ns2)CCN1C(=O)C=Cc1ccccc1. The van der Waals surface area contributed by atoms with Gasteiger partial charge in [-0.15, -0.1) is 0 Å². The van der Waals surface area contributed by atoms with Crippen molar-refractivity contribution >= 4 is 40.2 Å². The van der Waals surface area contributed by atoms with Crippen LogP contribution in [0.2, 0.25) is 5.02 Å². The van der Waals surface area contributed by atoms with Crippen molar-refractivity contribution in [1.82, 2.24) is 14.3 Å². The van der Waals surface area contributed by atoms with Crippen molar-refractivity contribution in [2.75, 3.05) is 24.5 Å². The molecule has 0 bridgehead atoms. The van der Waals surface area contributed by atoms with E-state index in [-0.39, 0.29) is 11.9 Å². The van der Waals surface area contributed by atoms with Gasteiger partial charge in [-0.05, 0) is 36.3 Å². The van der Waals surface area contributed by atoms with Crippen molar-refractivity contribution in [2.45, 2.75) is 19.4 Å². The van der Waals surface area contributed by atoms with E-state index in [1.807, 2.05) is 65.6 Å². The first-order valence-electron chi connectivity index (χ1n) is 9.94. The highest BCUT2D eigenvalue weighted by molar-refractivity contribution is 7.09. The number of rotatable bonds is 5. The first-order chi connectivity index (χ1) is 14.6. The molecule has 2 aromatic carbocycles. The summed E-state index contributed by atoms with van der Waals surface area (Å²) in [6.45, 7) is 4.26. The summed E-state index contributed by atoms with van der Waals surface area (Å²) in [5, 5.41) is 1.64. The highest BCUT2D eigenvalue weighted by atomic mass is 35.5. The van der Waals surface area contributed by atoms with E-state index < -0.39 is 0 Å². The lowest BCUT2D eigenvalue weighted by Gasteiger charge is -2.39. The quantitative estimate of drug-likeness (QED) is 0.549. The van der Waals surface area contributed by atoms with Crippen LogP contribution in [0, 0.1) is 0 Å². The second kappa shape index (κ2) is 9.41. The van der Waals surface area contributed by atoms with Crippen LogP contribution in [0.15, 0.2) is 60.7 Å². The number of aromatic nitrogens is 2. The van der Waals surface area contributed by atoms with Gasteiger partial charge in [0.2, 0.25) is 11.0 Å². The van der Waals surface area contributed by atoms with Gasteiger partial charge in [0, 0.05) is 54.7 Å². The molecule has 1 aliphatic rings. The molecule has 30 heavy (non-hydrogen) atoms. The lowest BCUT2D eigenvalue weighted by atomic mass is 10.1. The molecule has 3 aromatic rings. The van der Waals surface area contributed by atoms with Crippen molar-refractivity contribution in [3.63, 3.8) is 0 Å². The number of amides is 1. The van der Waals surface area contributed by atoms with Crippen molar-refractivity contribution in [3.8, 4) is 0 Å². The van der Waals surface area contributed by atoms with Gasteiger partial charge in [0.1, 0.15) is 5.82 Å². The first kappa shape index (κ1) is 20.6. The Kier molecular flexibility index (Phi) is 6.45. The molecule has 1 aliphatic heterocycles. The Bertz CT molecular complexity index is 1020. The summed E-state index contributed by atoms with van der Waals surface area (Å²) in [6, 6.07) is 17.7. The van der Waals surface area contributed by atoms with E-state index in [1.165, 1.54) is 11.5 Å². The lowest BCUT2D eigenvalue weighted by molar-refractivity contribution is -0.128. The maximum atomic E-state index is 12.6. The number of carbonyl (C=O) groups excluding carboxylic acids is 1. The number of halogens is 1. The third kappa shape index (κ3) is 5.07. The number of hydrogen-bond acceptors (Lipinski definition) is 5. The predicted octanol–water partition coefficient (Wildman–Crippen LogP) is 4.53. The summed E-state index contributed by atoms with van der Waals surface area (Å²) >= 11 is 7.37. The molecule has 1 aromatic heterocycles. The Balaban J connectivity index is 1.35. The second-order valence-corrected chi connectivity index (χ2v) is 8.53. The van der Waals surface area contributed by atoms with Gasteiger partial charge in [-0.1, -0.05) is 54.1 Å². The fourth-order valence-corrected chi connectivity index (χ4v) is 4.36. The van der Waals surface area contributed by atoms with Crippen molar-refractivity contribution in [2.24, 2.45) is 0 Å². The average Bonchev–Trinajstić information content (AvgIpc) is 3.23. The number of nitrogens with zero attached hydrogens (tertiary/aromatic N) is 4. The number of hydrogen-bond donors (Lipinski definition) is 0. The van der Waals surface area contributed by atoms with E-state index in [0.717, 1.165) is 40.2 Å². The zero-order chi connectivity index (χ0) is 20.9. The molecule has 1 unspecified atom stereocenters. The fourth-order valence-electron chi connectivity index (χ4n) is 3.52. The van der Waals surface area contributed by atoms with Crippen molar-refractivity contribution < 1.29 is 4.79 Å². The zero-order valence-electron chi connectivity index (χ0n) is 16.7. The molecule has 0 aliphatic carbocycles. The summed E-state index contributed by atoms with van der Waals surface area (Å²) in [5.74, 6) is 0.862. The largest absolute Gasteiger partial charge is 0.343 e. The van der Waals surface area contributed by atoms with E-state index in [2.05, 4.69) is 16.2 Å². The van der Waals surface area contributed by atoms with E-state index in [0.29, 0.717) is 13.0 Å². The molecule has 4 rings (SSSR count). The molecule has 154 valence electrons. The smallest absolute Gasteiger partial charge is 0.246 e. The van der Waals surface area contributed by atoms with Crippen LogP contribution in [-0.4, -0.2) is 45.8 Å². The summed E-state index contributed by atoms with van der Waals surface area (Å²) in [6.07, 6.45) is 4.22. The molecule has 5 nitrogen and oxygen atoms in total. The average molecular weight is 439 g/mol. The van der Waals surface area contributed by atoms with Crippen LogP contribution in [0.5, 0.6) is 0 Å². The van der Waals surface area contributed by atoms with E-state index in [9.17, 15) is 4.79 Å². The molecule has 0 spiro atoms. The zero-order valence-corrected chi connectivity index (χ0v) is 18.3. The molecule has 0 saturated carbocycles. The molecule has 2 heterocycles. The second-order valence-electron chi connectivity index (χ2n) is 7.37. The minimum Gasteiger partial charge on any atom is -0.343 e. The van der Waals surface area contributed by atoms with Gasteiger partial charge in [0.15, 0.2) is 0 Å². The van der Waals surface area contributed by atoms with Crippen LogP contribution in [0.1, 0.15) is 23.9 Å². The minimum absolute atomic E-state index is 0.0479. The van der Waals surface area contributed by atoms with Gasteiger partial charge >= 0.3 is 0 Å². The van der Waals surface area contributed by atoms with Crippen molar-refractivity contribution in [3.05, 3.63) is 82.6 Å². The minimum atomic E-state index is 0.0479. The molecule has 1 fully saturated rings. The van der Waals surface area contributed by atoms with Crippen LogP contribution < -0.4 is 4.90 Å². The summed E-state index contributed by atoms with van der Waals surface area (Å²) < 4.78 is 4.52. The maximum Gasteiger partial charge on any atom is 0.246 e. The normalized spacial score (nSPS) is 16.9. The number of benzene rings is 2. The summed E-state index contributed by atoms with van der Waals surface area (Å²) in [5.41, 5.74) is 2.16.